The quantitative estimate of drug-likeness (QED) is 0.413. The van der Waals surface area contributed by atoms with E-state index >= 15 is 0 Å². The van der Waals surface area contributed by atoms with E-state index in [9.17, 15) is 14.4 Å². The second-order valence-electron chi connectivity index (χ2n) is 7.25. The Kier molecular flexibility index (Phi) is 6.21. The van der Waals surface area contributed by atoms with Gasteiger partial charge in [0.1, 0.15) is 5.92 Å². The normalized spacial score (nSPS) is 31.0. The van der Waals surface area contributed by atoms with Gasteiger partial charge < -0.3 is 21.1 Å². The van der Waals surface area contributed by atoms with E-state index in [1.165, 1.54) is 0 Å². The van der Waals surface area contributed by atoms with Crippen molar-refractivity contribution in [2.45, 2.75) is 64.3 Å². The zero-order valence-corrected chi connectivity index (χ0v) is 15.2. The van der Waals surface area contributed by atoms with Gasteiger partial charge in [-0.1, -0.05) is 26.3 Å². The Labute approximate surface area is 148 Å². The molecule has 4 N–H and O–H groups in total. The van der Waals surface area contributed by atoms with Gasteiger partial charge in [-0.25, -0.2) is 0 Å². The molecular weight excluding hydrogens is 322 g/mol. The van der Waals surface area contributed by atoms with Gasteiger partial charge in [0.05, 0.1) is 6.04 Å². The molecule has 7 heteroatoms. The first kappa shape index (κ1) is 19.4. The average molecular weight is 351 g/mol. The van der Waals surface area contributed by atoms with Crippen LogP contribution in [-0.4, -0.2) is 42.0 Å². The molecule has 7 atom stereocenters. The lowest BCUT2D eigenvalue weighted by Crippen LogP contribution is -2.56. The van der Waals surface area contributed by atoms with Crippen molar-refractivity contribution in [1.82, 2.24) is 10.6 Å². The Morgan fingerprint density at radius 3 is 2.64 bits per heavy atom. The molecule has 0 aromatic carbocycles. The van der Waals surface area contributed by atoms with Crippen LogP contribution in [0, 0.1) is 17.8 Å². The van der Waals surface area contributed by atoms with Gasteiger partial charge in [-0.2, -0.15) is 0 Å². The van der Waals surface area contributed by atoms with Gasteiger partial charge in [0.2, 0.25) is 5.91 Å². The summed E-state index contributed by atoms with van der Waals surface area (Å²) in [6, 6.07) is -0.679. The molecule has 0 bridgehead atoms. The number of hydrogen-bond acceptors (Lipinski definition) is 5. The van der Waals surface area contributed by atoms with E-state index in [1.54, 1.807) is 13.0 Å². The smallest absolute Gasteiger partial charge is 0.314 e. The SMILES string of the molecule is C=C[C@H](C[C@@H]1C[C@@H]1NC(=O)[C@@H]1OC(=O)[C@H]1[C@@H](C)CC)NC(=O)[C@H](C)N. The second-order valence-corrected chi connectivity index (χ2v) is 7.25. The van der Waals surface area contributed by atoms with Gasteiger partial charge in [0.25, 0.3) is 5.91 Å². The molecule has 0 aromatic rings. The largest absolute Gasteiger partial charge is 0.451 e. The van der Waals surface area contributed by atoms with E-state index in [4.69, 9.17) is 10.5 Å². The Morgan fingerprint density at radius 2 is 2.12 bits per heavy atom. The first-order valence-corrected chi connectivity index (χ1v) is 8.97. The number of esters is 1. The van der Waals surface area contributed by atoms with E-state index < -0.39 is 12.1 Å². The zero-order chi connectivity index (χ0) is 18.7. The molecule has 1 saturated heterocycles. The maximum absolute atomic E-state index is 12.3. The van der Waals surface area contributed by atoms with Crippen LogP contribution in [0.2, 0.25) is 0 Å². The van der Waals surface area contributed by atoms with E-state index in [1.807, 2.05) is 13.8 Å². The fourth-order valence-electron chi connectivity index (χ4n) is 3.13. The van der Waals surface area contributed by atoms with Crippen molar-refractivity contribution in [3.05, 3.63) is 12.7 Å². The van der Waals surface area contributed by atoms with Crippen molar-refractivity contribution in [2.24, 2.45) is 23.5 Å². The van der Waals surface area contributed by atoms with E-state index in [0.29, 0.717) is 6.42 Å². The number of carbonyl (C=O) groups excluding carboxylic acids is 3. The number of amides is 2. The maximum atomic E-state index is 12.3. The summed E-state index contributed by atoms with van der Waals surface area (Å²) in [7, 11) is 0. The predicted molar refractivity (Wildman–Crippen MR) is 93.3 cm³/mol. The van der Waals surface area contributed by atoms with E-state index in [-0.39, 0.29) is 47.6 Å². The number of nitrogens with one attached hydrogen (secondary N) is 2. The Balaban J connectivity index is 1.78. The highest BCUT2D eigenvalue weighted by Crippen LogP contribution is 2.37. The number of carbonyl (C=O) groups is 3. The molecule has 2 aliphatic rings. The van der Waals surface area contributed by atoms with Crippen LogP contribution in [-0.2, 0) is 19.1 Å². The van der Waals surface area contributed by atoms with Crippen LogP contribution in [0.5, 0.6) is 0 Å². The minimum absolute atomic E-state index is 0.0547. The molecular formula is C18H29N3O4. The number of nitrogens with two attached hydrogens (primary N) is 1. The lowest BCUT2D eigenvalue weighted by molar-refractivity contribution is -0.193. The number of ether oxygens (including phenoxy) is 1. The topological polar surface area (TPSA) is 111 Å². The molecule has 25 heavy (non-hydrogen) atoms. The van der Waals surface area contributed by atoms with Crippen molar-refractivity contribution in [3.8, 4) is 0 Å². The molecule has 0 unspecified atom stereocenters. The van der Waals surface area contributed by atoms with Crippen LogP contribution in [0.3, 0.4) is 0 Å². The van der Waals surface area contributed by atoms with Crippen molar-refractivity contribution in [1.29, 1.82) is 0 Å². The molecule has 1 heterocycles. The molecule has 7 nitrogen and oxygen atoms in total. The van der Waals surface area contributed by atoms with Gasteiger partial charge in [-0.3, -0.25) is 14.4 Å². The maximum Gasteiger partial charge on any atom is 0.314 e. The Morgan fingerprint density at radius 1 is 1.44 bits per heavy atom. The van der Waals surface area contributed by atoms with Crippen LogP contribution in [0.4, 0.5) is 0 Å². The van der Waals surface area contributed by atoms with Gasteiger partial charge in [-0.15, -0.1) is 6.58 Å². The molecule has 0 radical (unpaired) electrons. The van der Waals surface area contributed by atoms with Crippen molar-refractivity contribution in [3.63, 3.8) is 0 Å². The van der Waals surface area contributed by atoms with Crippen molar-refractivity contribution < 1.29 is 19.1 Å². The van der Waals surface area contributed by atoms with Crippen molar-refractivity contribution in [2.75, 3.05) is 0 Å². The summed E-state index contributed by atoms with van der Waals surface area (Å²) < 4.78 is 5.04. The Bertz CT molecular complexity index is 548. The molecule has 1 saturated carbocycles. The molecule has 2 amide bonds. The average Bonchev–Trinajstić information content (AvgIpc) is 3.28. The van der Waals surface area contributed by atoms with E-state index in [0.717, 1.165) is 12.8 Å². The molecule has 2 fully saturated rings. The number of cyclic esters (lactones) is 1. The minimum atomic E-state index is -0.670. The molecule has 1 aliphatic carbocycles. The lowest BCUT2D eigenvalue weighted by Gasteiger charge is -2.37. The van der Waals surface area contributed by atoms with Gasteiger partial charge >= 0.3 is 5.97 Å². The second kappa shape index (κ2) is 7.99. The third-order valence-corrected chi connectivity index (χ3v) is 5.19. The molecule has 0 aromatic heterocycles. The van der Waals surface area contributed by atoms with E-state index in [2.05, 4.69) is 17.2 Å². The highest BCUT2D eigenvalue weighted by Gasteiger charge is 2.51. The number of rotatable bonds is 9. The van der Waals surface area contributed by atoms with Crippen LogP contribution < -0.4 is 16.4 Å². The summed E-state index contributed by atoms with van der Waals surface area (Å²) in [5.41, 5.74) is 5.55. The van der Waals surface area contributed by atoms with Gasteiger partial charge in [-0.05, 0) is 31.6 Å². The highest BCUT2D eigenvalue weighted by atomic mass is 16.6. The van der Waals surface area contributed by atoms with Crippen LogP contribution >= 0.6 is 0 Å². The molecule has 0 spiro atoms. The third-order valence-electron chi connectivity index (χ3n) is 5.19. The first-order chi connectivity index (χ1) is 11.8. The summed E-state index contributed by atoms with van der Waals surface area (Å²) in [6.07, 6.45) is 3.39. The fraction of sp³-hybridized carbons (Fsp3) is 0.722. The van der Waals surface area contributed by atoms with Crippen LogP contribution in [0.1, 0.15) is 40.0 Å². The molecule has 2 rings (SSSR count). The zero-order valence-electron chi connectivity index (χ0n) is 15.2. The summed E-state index contributed by atoms with van der Waals surface area (Å²) >= 11 is 0. The third kappa shape index (κ3) is 4.60. The van der Waals surface area contributed by atoms with Gasteiger partial charge in [0, 0.05) is 12.1 Å². The van der Waals surface area contributed by atoms with Crippen LogP contribution in [0.25, 0.3) is 0 Å². The molecule has 140 valence electrons. The Hall–Kier alpha value is -1.89. The number of hydrogen-bond donors (Lipinski definition) is 3. The first-order valence-electron chi connectivity index (χ1n) is 8.97. The summed E-state index contributed by atoms with van der Waals surface area (Å²) in [5, 5.41) is 5.78. The fourth-order valence-corrected chi connectivity index (χ4v) is 3.13. The minimum Gasteiger partial charge on any atom is -0.451 e. The predicted octanol–water partition coefficient (Wildman–Crippen LogP) is 0.487. The van der Waals surface area contributed by atoms with Crippen molar-refractivity contribution >= 4 is 17.8 Å². The summed E-state index contributed by atoms with van der Waals surface area (Å²) in [4.78, 5) is 35.6. The monoisotopic (exact) mass is 351 g/mol. The summed E-state index contributed by atoms with van der Waals surface area (Å²) in [6.45, 7) is 9.32. The summed E-state index contributed by atoms with van der Waals surface area (Å²) in [5.74, 6) is -0.652. The molecule has 1 aliphatic heterocycles. The lowest BCUT2D eigenvalue weighted by atomic mass is 9.83. The highest BCUT2D eigenvalue weighted by molar-refractivity contribution is 5.94. The van der Waals surface area contributed by atoms with Crippen LogP contribution in [0.15, 0.2) is 12.7 Å². The van der Waals surface area contributed by atoms with Gasteiger partial charge in [0.15, 0.2) is 6.10 Å². The standard InChI is InChI=1S/C18H29N3O4/c1-5-9(3)14-15(25-18(14)24)17(23)21-13-8-11(13)7-12(6-2)20-16(22)10(4)19/h6,9-15H,2,5,7-8,19H2,1,3-4H3,(H,20,22)(H,21,23)/t9-,10-,11+,12+,13-,14-,15+/m0/s1.